The Kier molecular flexibility index (Phi) is 7.94. The smallest absolute Gasteiger partial charge is 0.337 e. The Balaban J connectivity index is 2.00. The number of rotatable bonds is 9. The molecule has 1 aliphatic rings. The van der Waals surface area contributed by atoms with Crippen molar-refractivity contribution in [2.45, 2.75) is 26.3 Å². The van der Waals surface area contributed by atoms with Crippen LogP contribution in [0.5, 0.6) is 5.75 Å². The Hall–Kier alpha value is -2.25. The Morgan fingerprint density at radius 3 is 2.59 bits per heavy atom. The molecule has 0 bridgehead atoms. The van der Waals surface area contributed by atoms with Gasteiger partial charge in [-0.25, -0.2) is 9.59 Å². The quantitative estimate of drug-likeness (QED) is 0.628. The van der Waals surface area contributed by atoms with E-state index in [2.05, 4.69) is 10.6 Å². The number of urea groups is 1. The van der Waals surface area contributed by atoms with Crippen molar-refractivity contribution in [3.05, 3.63) is 40.6 Å². The van der Waals surface area contributed by atoms with Crippen molar-refractivity contribution in [2.75, 3.05) is 33.4 Å². The molecule has 1 atom stereocenters. The maximum Gasteiger partial charge on any atom is 0.337 e. The van der Waals surface area contributed by atoms with Crippen LogP contribution < -0.4 is 15.4 Å². The monoisotopic (exact) mass is 395 g/mol. The number of esters is 1. The molecule has 2 rings (SSSR count). The van der Waals surface area contributed by atoms with E-state index in [0.29, 0.717) is 42.4 Å². The molecule has 0 fully saturated rings. The van der Waals surface area contributed by atoms with Gasteiger partial charge in [0.25, 0.3) is 0 Å². The van der Waals surface area contributed by atoms with Crippen molar-refractivity contribution in [3.63, 3.8) is 0 Å². The molecule has 8 heteroatoms. The van der Waals surface area contributed by atoms with Gasteiger partial charge in [-0.2, -0.15) is 0 Å². The number of carbonyl (C=O) groups excluding carboxylic acids is 2. The number of hydrogen-bond acceptors (Lipinski definition) is 5. The molecule has 27 heavy (non-hydrogen) atoms. The lowest BCUT2D eigenvalue weighted by molar-refractivity contribution is -0.139. The predicted octanol–water partition coefficient (Wildman–Crippen LogP) is 2.56. The van der Waals surface area contributed by atoms with E-state index in [1.807, 2.05) is 31.0 Å². The van der Waals surface area contributed by atoms with Crippen molar-refractivity contribution < 1.29 is 19.1 Å². The average molecular weight is 396 g/mol. The number of nitrogens with one attached hydrogen (secondary N) is 2. The number of halogens is 1. The summed E-state index contributed by atoms with van der Waals surface area (Å²) in [6, 6.07) is 6.49. The summed E-state index contributed by atoms with van der Waals surface area (Å²) < 4.78 is 10.9. The molecule has 1 aromatic rings. The van der Waals surface area contributed by atoms with Crippen LogP contribution in [0.25, 0.3) is 0 Å². The minimum Gasteiger partial charge on any atom is -0.492 e. The van der Waals surface area contributed by atoms with Crippen LogP contribution in [-0.4, -0.2) is 56.3 Å². The molecular formula is C19H26ClN3O4. The number of nitrogens with zero attached hydrogens (tertiary/aromatic N) is 1. The van der Waals surface area contributed by atoms with Crippen LogP contribution in [0.2, 0.25) is 5.02 Å². The zero-order valence-electron chi connectivity index (χ0n) is 15.9. The molecule has 148 valence electrons. The molecule has 7 nitrogen and oxygen atoms in total. The third-order valence-electron chi connectivity index (χ3n) is 4.13. The maximum atomic E-state index is 12.4. The van der Waals surface area contributed by atoms with Gasteiger partial charge in [0.05, 0.1) is 18.2 Å². The molecule has 0 aliphatic carbocycles. The van der Waals surface area contributed by atoms with Crippen LogP contribution in [0.3, 0.4) is 0 Å². The third-order valence-corrected chi connectivity index (χ3v) is 4.38. The van der Waals surface area contributed by atoms with Gasteiger partial charge in [0.1, 0.15) is 12.4 Å². The summed E-state index contributed by atoms with van der Waals surface area (Å²) in [6.07, 6.45) is 0.606. The molecule has 2 amide bonds. The summed E-state index contributed by atoms with van der Waals surface area (Å²) >= 11 is 5.86. The second-order valence-electron chi connectivity index (χ2n) is 6.21. The Morgan fingerprint density at radius 2 is 1.96 bits per heavy atom. The van der Waals surface area contributed by atoms with Crippen LogP contribution in [0.1, 0.15) is 20.3 Å². The summed E-state index contributed by atoms with van der Waals surface area (Å²) in [7, 11) is 1.90. The lowest BCUT2D eigenvalue weighted by Crippen LogP contribution is -2.52. The van der Waals surface area contributed by atoms with Crippen molar-refractivity contribution in [3.8, 4) is 5.75 Å². The van der Waals surface area contributed by atoms with Gasteiger partial charge in [0, 0.05) is 23.8 Å². The van der Waals surface area contributed by atoms with Crippen LogP contribution in [0.15, 0.2) is 35.5 Å². The van der Waals surface area contributed by atoms with E-state index in [1.165, 1.54) is 0 Å². The van der Waals surface area contributed by atoms with E-state index in [-0.39, 0.29) is 18.7 Å². The number of hydrogen-bond donors (Lipinski definition) is 2. The Labute approximate surface area is 164 Å². The first kappa shape index (κ1) is 21.1. The van der Waals surface area contributed by atoms with Crippen molar-refractivity contribution in [2.24, 2.45) is 0 Å². The summed E-state index contributed by atoms with van der Waals surface area (Å²) in [4.78, 5) is 26.3. The first-order valence-electron chi connectivity index (χ1n) is 8.99. The summed E-state index contributed by atoms with van der Waals surface area (Å²) in [5, 5.41) is 6.17. The van der Waals surface area contributed by atoms with E-state index in [9.17, 15) is 9.59 Å². The highest BCUT2D eigenvalue weighted by Gasteiger charge is 2.31. The summed E-state index contributed by atoms with van der Waals surface area (Å²) in [5.41, 5.74) is 1.04. The first-order chi connectivity index (χ1) is 12.9. The van der Waals surface area contributed by atoms with Gasteiger partial charge in [-0.1, -0.05) is 18.5 Å². The van der Waals surface area contributed by atoms with Gasteiger partial charge in [-0.05, 0) is 44.7 Å². The molecule has 0 spiro atoms. The summed E-state index contributed by atoms with van der Waals surface area (Å²) in [5.74, 6) is 0.332. The van der Waals surface area contributed by atoms with Gasteiger partial charge in [-0.3, -0.25) is 4.90 Å². The molecule has 2 N–H and O–H groups in total. The SMILES string of the molecule is CCOC(=O)C1=C(CN(C)CCOc2ccc(Cl)cc2)NC(=O)NC1CC. The minimum absolute atomic E-state index is 0.283. The van der Waals surface area contributed by atoms with Gasteiger partial charge < -0.3 is 20.1 Å². The maximum absolute atomic E-state index is 12.4. The van der Waals surface area contributed by atoms with Crippen molar-refractivity contribution >= 4 is 23.6 Å². The van der Waals surface area contributed by atoms with E-state index in [0.717, 1.165) is 5.75 Å². The number of ether oxygens (including phenoxy) is 2. The zero-order chi connectivity index (χ0) is 19.8. The highest BCUT2D eigenvalue weighted by atomic mass is 35.5. The lowest BCUT2D eigenvalue weighted by Gasteiger charge is -2.30. The molecule has 1 heterocycles. The van der Waals surface area contributed by atoms with Crippen molar-refractivity contribution in [1.82, 2.24) is 15.5 Å². The molecule has 0 saturated heterocycles. The third kappa shape index (κ3) is 6.15. The van der Waals surface area contributed by atoms with Gasteiger partial charge in [-0.15, -0.1) is 0 Å². The van der Waals surface area contributed by atoms with Crippen LogP contribution in [0.4, 0.5) is 4.79 Å². The first-order valence-corrected chi connectivity index (χ1v) is 9.37. The topological polar surface area (TPSA) is 79.9 Å². The van der Waals surface area contributed by atoms with Gasteiger partial charge in [0.15, 0.2) is 0 Å². The van der Waals surface area contributed by atoms with Gasteiger partial charge in [0.2, 0.25) is 0 Å². The highest BCUT2D eigenvalue weighted by Crippen LogP contribution is 2.18. The molecule has 0 radical (unpaired) electrons. The number of likely N-dealkylation sites (N-methyl/N-ethyl adjacent to an activating group) is 1. The highest BCUT2D eigenvalue weighted by molar-refractivity contribution is 6.30. The lowest BCUT2D eigenvalue weighted by atomic mass is 10.00. The molecule has 1 aromatic carbocycles. The van der Waals surface area contributed by atoms with Crippen LogP contribution in [0, 0.1) is 0 Å². The second kappa shape index (κ2) is 10.2. The fraction of sp³-hybridized carbons (Fsp3) is 0.474. The number of carbonyl (C=O) groups is 2. The van der Waals surface area contributed by atoms with E-state index in [1.54, 1.807) is 19.1 Å². The van der Waals surface area contributed by atoms with Crippen LogP contribution >= 0.6 is 11.6 Å². The Morgan fingerprint density at radius 1 is 1.26 bits per heavy atom. The average Bonchev–Trinajstić information content (AvgIpc) is 2.63. The molecule has 0 saturated carbocycles. The molecule has 1 aliphatic heterocycles. The number of benzene rings is 1. The fourth-order valence-corrected chi connectivity index (χ4v) is 2.91. The largest absolute Gasteiger partial charge is 0.492 e. The van der Waals surface area contributed by atoms with Crippen molar-refractivity contribution in [1.29, 1.82) is 0 Å². The molecule has 0 aromatic heterocycles. The Bertz CT molecular complexity index is 691. The zero-order valence-corrected chi connectivity index (χ0v) is 16.6. The standard InChI is InChI=1S/C19H26ClN3O4/c1-4-15-17(18(24)26-5-2)16(22-19(25)21-15)12-23(3)10-11-27-14-8-6-13(20)7-9-14/h6-9,15H,4-5,10-12H2,1-3H3,(H2,21,22,25). The van der Waals surface area contributed by atoms with Crippen LogP contribution in [-0.2, 0) is 9.53 Å². The normalized spacial score (nSPS) is 16.8. The fourth-order valence-electron chi connectivity index (χ4n) is 2.79. The molecule has 1 unspecified atom stereocenters. The minimum atomic E-state index is -0.405. The van der Waals surface area contributed by atoms with E-state index >= 15 is 0 Å². The molecular weight excluding hydrogens is 370 g/mol. The second-order valence-corrected chi connectivity index (χ2v) is 6.65. The van der Waals surface area contributed by atoms with E-state index < -0.39 is 5.97 Å². The summed E-state index contributed by atoms with van der Waals surface area (Å²) in [6.45, 7) is 5.43. The van der Waals surface area contributed by atoms with E-state index in [4.69, 9.17) is 21.1 Å². The predicted molar refractivity (Wildman–Crippen MR) is 104 cm³/mol. The van der Waals surface area contributed by atoms with Gasteiger partial charge >= 0.3 is 12.0 Å². The number of amides is 2.